The minimum Gasteiger partial charge on any atom is -0.486 e. The Morgan fingerprint density at radius 2 is 2.00 bits per heavy atom. The zero-order valence-corrected chi connectivity index (χ0v) is 10.7. The van der Waals surface area contributed by atoms with Crippen molar-refractivity contribution in [3.8, 4) is 11.5 Å². The standard InChI is InChI=1S/C11H14NO5P/c13-10(9(12-18)11(14)15)6-1-2-7-8(5-6)17-4-3-16-7/h1-2,5,9-10,12-13H,3-4,18H2,(H,14,15)/t9-,10+/m0/s1. The number of hydrogen-bond donors (Lipinski definition) is 3. The largest absolute Gasteiger partial charge is 0.486 e. The summed E-state index contributed by atoms with van der Waals surface area (Å²) in [5.74, 6) is -0.0130. The predicted octanol–water partition coefficient (Wildman–Crippen LogP) is 0.324. The van der Waals surface area contributed by atoms with Gasteiger partial charge in [-0.25, -0.2) is 0 Å². The van der Waals surface area contributed by atoms with Crippen LogP contribution in [0.15, 0.2) is 18.2 Å². The molecule has 1 unspecified atom stereocenters. The van der Waals surface area contributed by atoms with Crippen molar-refractivity contribution >= 4 is 15.4 Å². The first-order valence-electron chi connectivity index (χ1n) is 5.40. The Kier molecular flexibility index (Phi) is 4.01. The van der Waals surface area contributed by atoms with Crippen LogP contribution in [0.5, 0.6) is 11.5 Å². The second kappa shape index (κ2) is 5.52. The summed E-state index contributed by atoms with van der Waals surface area (Å²) in [6.07, 6.45) is -1.17. The fourth-order valence-corrected chi connectivity index (χ4v) is 2.06. The first-order chi connectivity index (χ1) is 8.63. The Morgan fingerprint density at radius 3 is 2.61 bits per heavy atom. The number of rotatable bonds is 4. The third-order valence-corrected chi connectivity index (χ3v) is 3.03. The van der Waals surface area contributed by atoms with Crippen molar-refractivity contribution in [3.63, 3.8) is 0 Å². The number of aliphatic carboxylic acids is 1. The Balaban J connectivity index is 2.25. The van der Waals surface area contributed by atoms with E-state index in [9.17, 15) is 9.90 Å². The van der Waals surface area contributed by atoms with Crippen LogP contribution in [0.2, 0.25) is 0 Å². The van der Waals surface area contributed by atoms with Crippen molar-refractivity contribution in [1.82, 2.24) is 5.09 Å². The summed E-state index contributed by atoms with van der Waals surface area (Å²) in [5, 5.41) is 21.4. The maximum Gasteiger partial charge on any atom is 0.324 e. The molecule has 0 bridgehead atoms. The molecule has 6 nitrogen and oxygen atoms in total. The maximum absolute atomic E-state index is 10.9. The number of aliphatic hydroxyl groups excluding tert-OH is 1. The number of carboxylic acid groups (broad SMARTS) is 1. The molecule has 3 N–H and O–H groups in total. The molecule has 2 rings (SSSR count). The van der Waals surface area contributed by atoms with Gasteiger partial charge in [-0.05, 0) is 17.7 Å². The highest BCUT2D eigenvalue weighted by Crippen LogP contribution is 2.33. The van der Waals surface area contributed by atoms with Crippen molar-refractivity contribution in [2.75, 3.05) is 13.2 Å². The molecular weight excluding hydrogens is 257 g/mol. The van der Waals surface area contributed by atoms with Crippen LogP contribution in [-0.4, -0.2) is 35.4 Å². The van der Waals surface area contributed by atoms with Gasteiger partial charge in [0.25, 0.3) is 0 Å². The third kappa shape index (κ3) is 2.56. The van der Waals surface area contributed by atoms with E-state index in [-0.39, 0.29) is 0 Å². The van der Waals surface area contributed by atoms with Gasteiger partial charge in [-0.1, -0.05) is 15.5 Å². The number of ether oxygens (including phenoxy) is 2. The molecule has 3 atom stereocenters. The van der Waals surface area contributed by atoms with E-state index in [1.807, 2.05) is 0 Å². The SMILES string of the molecule is O=C(O)[C@@H](NP)[C@H](O)c1ccc2c(c1)OCCO2. The molecule has 0 radical (unpaired) electrons. The van der Waals surface area contributed by atoms with Crippen LogP contribution in [0.25, 0.3) is 0 Å². The topological polar surface area (TPSA) is 88.0 Å². The maximum atomic E-state index is 10.9. The molecular formula is C11H14NO5P. The molecule has 1 aromatic carbocycles. The van der Waals surface area contributed by atoms with E-state index in [1.54, 1.807) is 18.2 Å². The first-order valence-corrected chi connectivity index (χ1v) is 5.97. The second-order valence-corrected chi connectivity index (χ2v) is 4.16. The van der Waals surface area contributed by atoms with Gasteiger partial charge in [0, 0.05) is 0 Å². The van der Waals surface area contributed by atoms with Crippen molar-refractivity contribution < 1.29 is 24.5 Å². The predicted molar refractivity (Wildman–Crippen MR) is 66.7 cm³/mol. The summed E-state index contributed by atoms with van der Waals surface area (Å²) >= 11 is 0. The van der Waals surface area contributed by atoms with E-state index >= 15 is 0 Å². The summed E-state index contributed by atoms with van der Waals surface area (Å²) in [5.41, 5.74) is 0.460. The van der Waals surface area contributed by atoms with Gasteiger partial charge < -0.3 is 19.7 Å². The van der Waals surface area contributed by atoms with Gasteiger partial charge in [0.1, 0.15) is 25.4 Å². The Labute approximate surface area is 106 Å². The molecule has 98 valence electrons. The van der Waals surface area contributed by atoms with Crippen LogP contribution in [0.3, 0.4) is 0 Å². The van der Waals surface area contributed by atoms with Crippen molar-refractivity contribution in [2.45, 2.75) is 12.1 Å². The monoisotopic (exact) mass is 271 g/mol. The minimum absolute atomic E-state index is 0.441. The Hall–Kier alpha value is -1.36. The van der Waals surface area contributed by atoms with Gasteiger partial charge in [0.2, 0.25) is 0 Å². The lowest BCUT2D eigenvalue weighted by Crippen LogP contribution is -2.36. The molecule has 0 amide bonds. The van der Waals surface area contributed by atoms with E-state index in [0.717, 1.165) is 0 Å². The number of carboxylic acids is 1. The van der Waals surface area contributed by atoms with Gasteiger partial charge in [-0.15, -0.1) is 0 Å². The molecule has 1 heterocycles. The molecule has 0 saturated heterocycles. The molecule has 0 saturated carbocycles. The molecule has 18 heavy (non-hydrogen) atoms. The van der Waals surface area contributed by atoms with E-state index in [2.05, 4.69) is 14.5 Å². The van der Waals surface area contributed by atoms with Crippen LogP contribution in [0.1, 0.15) is 11.7 Å². The fraction of sp³-hybridized carbons (Fsp3) is 0.364. The molecule has 0 aromatic heterocycles. The van der Waals surface area contributed by atoms with Crippen LogP contribution >= 0.6 is 9.39 Å². The van der Waals surface area contributed by atoms with Gasteiger partial charge in [0.05, 0.1) is 0 Å². The van der Waals surface area contributed by atoms with Gasteiger partial charge in [-0.3, -0.25) is 9.88 Å². The number of carbonyl (C=O) groups is 1. The zero-order chi connectivity index (χ0) is 13.1. The van der Waals surface area contributed by atoms with Gasteiger partial charge in [-0.2, -0.15) is 0 Å². The molecule has 1 aliphatic heterocycles. The van der Waals surface area contributed by atoms with Crippen LogP contribution in [0.4, 0.5) is 0 Å². The summed E-state index contributed by atoms with van der Waals surface area (Å²) < 4.78 is 10.7. The zero-order valence-electron chi connectivity index (χ0n) is 9.50. The number of nitrogens with one attached hydrogen (secondary N) is 1. The lowest BCUT2D eigenvalue weighted by atomic mass is 10.0. The second-order valence-electron chi connectivity index (χ2n) is 3.83. The molecule has 1 aromatic rings. The Morgan fingerprint density at radius 1 is 1.33 bits per heavy atom. The quantitative estimate of drug-likeness (QED) is 0.684. The average molecular weight is 271 g/mol. The van der Waals surface area contributed by atoms with Gasteiger partial charge >= 0.3 is 5.97 Å². The summed E-state index contributed by atoms with van der Waals surface area (Å²) in [6, 6.07) is 3.78. The number of aliphatic hydroxyl groups is 1. The lowest BCUT2D eigenvalue weighted by molar-refractivity contribution is -0.141. The van der Waals surface area contributed by atoms with E-state index in [0.29, 0.717) is 30.3 Å². The van der Waals surface area contributed by atoms with Crippen LogP contribution in [0, 0.1) is 0 Å². The van der Waals surface area contributed by atoms with Crippen LogP contribution in [-0.2, 0) is 4.79 Å². The smallest absolute Gasteiger partial charge is 0.324 e. The van der Waals surface area contributed by atoms with Crippen LogP contribution < -0.4 is 14.6 Å². The summed E-state index contributed by atoms with van der Waals surface area (Å²) in [6.45, 7) is 0.927. The summed E-state index contributed by atoms with van der Waals surface area (Å²) in [4.78, 5) is 10.9. The Bertz CT molecular complexity index is 453. The number of hydrogen-bond acceptors (Lipinski definition) is 5. The highest BCUT2D eigenvalue weighted by Gasteiger charge is 2.27. The lowest BCUT2D eigenvalue weighted by Gasteiger charge is -2.22. The first kappa shape index (κ1) is 13.1. The highest BCUT2D eigenvalue weighted by molar-refractivity contribution is 7.13. The van der Waals surface area contributed by atoms with E-state index in [4.69, 9.17) is 14.6 Å². The van der Waals surface area contributed by atoms with Gasteiger partial charge in [0.15, 0.2) is 11.5 Å². The highest BCUT2D eigenvalue weighted by atomic mass is 31.0. The number of benzene rings is 1. The van der Waals surface area contributed by atoms with E-state index < -0.39 is 18.1 Å². The summed E-state index contributed by atoms with van der Waals surface area (Å²) in [7, 11) is 2.09. The molecule has 7 heteroatoms. The minimum atomic E-state index is -1.17. The fourth-order valence-electron chi connectivity index (χ4n) is 1.73. The van der Waals surface area contributed by atoms with Crippen molar-refractivity contribution in [3.05, 3.63) is 23.8 Å². The van der Waals surface area contributed by atoms with Crippen molar-refractivity contribution in [1.29, 1.82) is 0 Å². The average Bonchev–Trinajstić information content (AvgIpc) is 2.38. The van der Waals surface area contributed by atoms with Crippen molar-refractivity contribution in [2.24, 2.45) is 0 Å². The van der Waals surface area contributed by atoms with E-state index in [1.165, 1.54) is 0 Å². The normalized spacial score (nSPS) is 17.0. The number of fused-ring (bicyclic) bond motifs is 1. The molecule has 0 aliphatic carbocycles. The molecule has 1 aliphatic rings. The third-order valence-electron chi connectivity index (χ3n) is 2.67. The molecule has 0 spiro atoms. The molecule has 0 fully saturated rings.